The van der Waals surface area contributed by atoms with Gasteiger partial charge in [-0.1, -0.05) is 181 Å². The predicted octanol–water partition coefficient (Wildman–Crippen LogP) is 11.1. The Morgan fingerprint density at radius 3 is 0.633 bits per heavy atom. The fourth-order valence-corrected chi connectivity index (χ4v) is 2.20. The summed E-state index contributed by atoms with van der Waals surface area (Å²) in [5, 5.41) is 0. The van der Waals surface area contributed by atoms with Gasteiger partial charge in [-0.25, -0.2) is 0 Å². The van der Waals surface area contributed by atoms with E-state index in [4.69, 9.17) is 0 Å². The monoisotopic (exact) mass is 416 g/mol. The summed E-state index contributed by atoms with van der Waals surface area (Å²) < 4.78 is 0. The highest BCUT2D eigenvalue weighted by atomic mass is 14.2. The summed E-state index contributed by atoms with van der Waals surface area (Å²) in [6.07, 6.45) is 11.2. The van der Waals surface area contributed by atoms with Gasteiger partial charge in [0, 0.05) is 0 Å². The molecule has 30 heavy (non-hydrogen) atoms. The largest absolute Gasteiger partial charge is 0.0776 e. The van der Waals surface area contributed by atoms with Crippen LogP contribution in [0.5, 0.6) is 0 Å². The molecule has 0 aromatic heterocycles. The van der Waals surface area contributed by atoms with E-state index < -0.39 is 0 Å². The molecule has 0 bridgehead atoms. The molecule has 0 atom stereocenters. The van der Waals surface area contributed by atoms with E-state index in [1.165, 1.54) is 51.4 Å². The van der Waals surface area contributed by atoms with Gasteiger partial charge >= 0.3 is 0 Å². The maximum Gasteiger partial charge on any atom is -0.0443 e. The molecule has 1 aliphatic carbocycles. The summed E-state index contributed by atoms with van der Waals surface area (Å²) in [6.45, 7) is 13.5. The number of hydrogen-bond donors (Lipinski definition) is 0. The second kappa shape index (κ2) is 32.1. The third-order valence-electron chi connectivity index (χ3n) is 4.64. The lowest BCUT2D eigenvalue weighted by Crippen LogP contribution is -2.08. The molecule has 176 valence electrons. The van der Waals surface area contributed by atoms with E-state index in [-0.39, 0.29) is 14.9 Å². The average molecular weight is 417 g/mol. The van der Waals surface area contributed by atoms with Crippen molar-refractivity contribution in [2.45, 2.75) is 108 Å². The van der Waals surface area contributed by atoms with E-state index in [0.717, 1.165) is 11.8 Å². The first kappa shape index (κ1) is 35.9. The third kappa shape index (κ3) is 34.0. The molecule has 2 aromatic carbocycles. The molecule has 0 spiro atoms. The van der Waals surface area contributed by atoms with Crippen LogP contribution >= 0.6 is 0 Å². The van der Waals surface area contributed by atoms with Crippen molar-refractivity contribution in [1.29, 1.82) is 0 Å². The van der Waals surface area contributed by atoms with Gasteiger partial charge in [0.25, 0.3) is 0 Å². The number of rotatable bonds is 2. The van der Waals surface area contributed by atoms with Crippen molar-refractivity contribution in [1.82, 2.24) is 0 Å². The fourth-order valence-electron chi connectivity index (χ4n) is 2.20. The highest BCUT2D eigenvalue weighted by Gasteiger charge is 2.13. The highest BCUT2D eigenvalue weighted by molar-refractivity contribution is 4.99. The Hall–Kier alpha value is -1.56. The van der Waals surface area contributed by atoms with Crippen LogP contribution in [0.2, 0.25) is 0 Å². The van der Waals surface area contributed by atoms with Crippen LogP contribution in [0.1, 0.15) is 108 Å². The number of unbranched alkanes of at least 4 members (excludes halogenated alkanes) is 2. The summed E-state index contributed by atoms with van der Waals surface area (Å²) in [7, 11) is 0. The zero-order valence-electron chi connectivity index (χ0n) is 19.7. The van der Waals surface area contributed by atoms with Crippen LogP contribution < -0.4 is 0 Å². The van der Waals surface area contributed by atoms with E-state index in [1.54, 1.807) is 0 Å². The summed E-state index contributed by atoms with van der Waals surface area (Å²) >= 11 is 0. The Morgan fingerprint density at radius 1 is 0.400 bits per heavy atom. The summed E-state index contributed by atoms with van der Waals surface area (Å²) in [6, 6.07) is 24.0. The third-order valence-corrected chi connectivity index (χ3v) is 4.64. The first-order valence-electron chi connectivity index (χ1n) is 11.6. The zero-order valence-corrected chi connectivity index (χ0v) is 19.7. The molecule has 0 saturated heterocycles. The molecule has 0 heterocycles. The SMILES string of the molecule is C.C.CC1CCC(C)CC1.CCCC.CCCC.c1ccccc1.c1ccccc1. The Morgan fingerprint density at radius 2 is 0.533 bits per heavy atom. The lowest BCUT2D eigenvalue weighted by Gasteiger charge is -2.22. The zero-order chi connectivity index (χ0) is 21.3. The molecule has 2 aromatic rings. The molecule has 0 unspecified atom stereocenters. The first-order valence-corrected chi connectivity index (χ1v) is 11.6. The Labute approximate surface area is 192 Å². The van der Waals surface area contributed by atoms with E-state index in [1.807, 2.05) is 72.8 Å². The van der Waals surface area contributed by atoms with Crippen LogP contribution in [0.25, 0.3) is 0 Å². The number of hydrogen-bond acceptors (Lipinski definition) is 0. The minimum atomic E-state index is 0. The smallest absolute Gasteiger partial charge is 0.0443 e. The molecule has 1 fully saturated rings. The molecule has 0 amide bonds. The molecule has 0 heteroatoms. The maximum atomic E-state index is 2.37. The van der Waals surface area contributed by atoms with Gasteiger partial charge in [-0.3, -0.25) is 0 Å². The molecule has 0 radical (unpaired) electrons. The van der Waals surface area contributed by atoms with E-state index in [9.17, 15) is 0 Å². The summed E-state index contributed by atoms with van der Waals surface area (Å²) in [4.78, 5) is 0. The number of benzene rings is 2. The van der Waals surface area contributed by atoms with E-state index in [0.29, 0.717) is 0 Å². The van der Waals surface area contributed by atoms with Crippen molar-refractivity contribution >= 4 is 0 Å². The maximum absolute atomic E-state index is 2.37. The predicted molar refractivity (Wildman–Crippen MR) is 144 cm³/mol. The fraction of sp³-hybridized carbons (Fsp3) is 0.600. The first-order chi connectivity index (χ1) is 13.6. The minimum absolute atomic E-state index is 0. The quantitative estimate of drug-likeness (QED) is 0.456. The van der Waals surface area contributed by atoms with Crippen molar-refractivity contribution in [3.63, 3.8) is 0 Å². The van der Waals surface area contributed by atoms with Crippen LogP contribution in [0.15, 0.2) is 72.8 Å². The average Bonchev–Trinajstić information content (AvgIpc) is 2.79. The summed E-state index contributed by atoms with van der Waals surface area (Å²) in [5.74, 6) is 2.04. The molecular weight excluding hydrogens is 360 g/mol. The van der Waals surface area contributed by atoms with Gasteiger partial charge in [-0.05, 0) is 11.8 Å². The van der Waals surface area contributed by atoms with Crippen molar-refractivity contribution < 1.29 is 0 Å². The topological polar surface area (TPSA) is 0 Å². The summed E-state index contributed by atoms with van der Waals surface area (Å²) in [5.41, 5.74) is 0. The Kier molecular flexibility index (Phi) is 38.4. The van der Waals surface area contributed by atoms with E-state index >= 15 is 0 Å². The van der Waals surface area contributed by atoms with Crippen LogP contribution in [0.3, 0.4) is 0 Å². The minimum Gasteiger partial charge on any atom is -0.0776 e. The van der Waals surface area contributed by atoms with Gasteiger partial charge in [0.15, 0.2) is 0 Å². The Bertz CT molecular complexity index is 337. The highest BCUT2D eigenvalue weighted by Crippen LogP contribution is 2.27. The van der Waals surface area contributed by atoms with Crippen molar-refractivity contribution in [2.75, 3.05) is 0 Å². The van der Waals surface area contributed by atoms with Crippen molar-refractivity contribution in [3.8, 4) is 0 Å². The standard InChI is InChI=1S/C8H16.2C6H6.2C4H10.2CH4/c1-7-3-5-8(2)6-4-7;2*1-2-4-6-5-3-1;2*1-3-4-2;;/h7-8H,3-6H2,1-2H3;2*1-6H;2*3-4H2,1-2H3;2*1H4. The van der Waals surface area contributed by atoms with Crippen LogP contribution in [-0.2, 0) is 0 Å². The molecule has 0 aliphatic heterocycles. The Balaban J connectivity index is -0.000000142. The lowest BCUT2D eigenvalue weighted by molar-refractivity contribution is 0.308. The van der Waals surface area contributed by atoms with Crippen molar-refractivity contribution in [3.05, 3.63) is 72.8 Å². The normalized spacial score (nSPS) is 15.8. The van der Waals surface area contributed by atoms with Crippen LogP contribution in [0, 0.1) is 11.8 Å². The van der Waals surface area contributed by atoms with Crippen LogP contribution in [-0.4, -0.2) is 0 Å². The molecular formula is C30H56. The lowest BCUT2D eigenvalue weighted by atomic mass is 9.84. The van der Waals surface area contributed by atoms with Gasteiger partial charge in [-0.15, -0.1) is 0 Å². The van der Waals surface area contributed by atoms with Gasteiger partial charge in [0.05, 0.1) is 0 Å². The molecule has 1 saturated carbocycles. The van der Waals surface area contributed by atoms with E-state index in [2.05, 4.69) is 41.5 Å². The second-order valence-electron chi connectivity index (χ2n) is 7.67. The molecule has 0 N–H and O–H groups in total. The van der Waals surface area contributed by atoms with Crippen LogP contribution in [0.4, 0.5) is 0 Å². The van der Waals surface area contributed by atoms with Gasteiger partial charge in [0.2, 0.25) is 0 Å². The van der Waals surface area contributed by atoms with Crippen molar-refractivity contribution in [2.24, 2.45) is 11.8 Å². The van der Waals surface area contributed by atoms with Gasteiger partial charge < -0.3 is 0 Å². The van der Waals surface area contributed by atoms with Gasteiger partial charge in [0.1, 0.15) is 0 Å². The molecule has 1 aliphatic rings. The molecule has 3 rings (SSSR count). The van der Waals surface area contributed by atoms with Gasteiger partial charge in [-0.2, -0.15) is 0 Å². The molecule has 0 nitrogen and oxygen atoms in total. The second-order valence-corrected chi connectivity index (χ2v) is 7.67.